The number of imidazole rings is 1. The minimum Gasteiger partial charge on any atom is -0.383 e. The van der Waals surface area contributed by atoms with Crippen LogP contribution in [0, 0.1) is 5.92 Å². The molecule has 0 saturated carbocycles. The lowest BCUT2D eigenvalue weighted by molar-refractivity contribution is -0.121. The van der Waals surface area contributed by atoms with Crippen molar-refractivity contribution >= 4 is 16.9 Å². The summed E-state index contributed by atoms with van der Waals surface area (Å²) in [7, 11) is 1.64. The summed E-state index contributed by atoms with van der Waals surface area (Å²) in [5.41, 5.74) is 1.91. The van der Waals surface area contributed by atoms with Crippen molar-refractivity contribution in [1.82, 2.24) is 20.6 Å². The highest BCUT2D eigenvalue weighted by atomic mass is 16.5. The average molecular weight is 318 g/mol. The fourth-order valence-corrected chi connectivity index (χ4v) is 2.44. The topological polar surface area (TPSA) is 79.0 Å². The van der Waals surface area contributed by atoms with Crippen molar-refractivity contribution in [3.05, 3.63) is 30.1 Å². The summed E-state index contributed by atoms with van der Waals surface area (Å²) >= 11 is 0. The van der Waals surface area contributed by atoms with E-state index >= 15 is 0 Å². The van der Waals surface area contributed by atoms with E-state index in [1.165, 1.54) is 0 Å². The van der Waals surface area contributed by atoms with Crippen LogP contribution in [0.1, 0.15) is 32.1 Å². The number of carbonyl (C=O) groups is 1. The van der Waals surface area contributed by atoms with Gasteiger partial charge in [0, 0.05) is 13.7 Å². The van der Waals surface area contributed by atoms with Crippen LogP contribution >= 0.6 is 0 Å². The molecule has 23 heavy (non-hydrogen) atoms. The molecule has 1 aromatic carbocycles. The number of ether oxygens (including phenoxy) is 1. The molecular weight excluding hydrogens is 292 g/mol. The number of fused-ring (bicyclic) bond motifs is 1. The second-order valence-corrected chi connectivity index (χ2v) is 5.74. The third-order valence-electron chi connectivity index (χ3n) is 4.00. The Morgan fingerprint density at radius 2 is 2.17 bits per heavy atom. The Balaban J connectivity index is 2.06. The van der Waals surface area contributed by atoms with E-state index < -0.39 is 0 Å². The van der Waals surface area contributed by atoms with Crippen molar-refractivity contribution < 1.29 is 9.53 Å². The third-order valence-corrected chi connectivity index (χ3v) is 4.00. The van der Waals surface area contributed by atoms with Gasteiger partial charge in [0.25, 0.3) is 0 Å². The van der Waals surface area contributed by atoms with Gasteiger partial charge in [0.15, 0.2) is 0 Å². The van der Waals surface area contributed by atoms with Gasteiger partial charge in [-0.1, -0.05) is 32.4 Å². The van der Waals surface area contributed by atoms with E-state index in [2.05, 4.69) is 34.4 Å². The molecule has 0 aliphatic carbocycles. The maximum Gasteiger partial charge on any atom is 0.234 e. The number of nitrogens with zero attached hydrogens (tertiary/aromatic N) is 1. The van der Waals surface area contributed by atoms with Gasteiger partial charge in [0.05, 0.1) is 30.2 Å². The minimum absolute atomic E-state index is 0.0353. The summed E-state index contributed by atoms with van der Waals surface area (Å²) in [6.45, 7) is 5.75. The van der Waals surface area contributed by atoms with Crippen LogP contribution in [-0.2, 0) is 9.53 Å². The molecule has 2 unspecified atom stereocenters. The van der Waals surface area contributed by atoms with Crippen LogP contribution < -0.4 is 10.6 Å². The summed E-state index contributed by atoms with van der Waals surface area (Å²) in [5, 5.41) is 6.14. The number of benzene rings is 1. The average Bonchev–Trinajstić information content (AvgIpc) is 2.99. The monoisotopic (exact) mass is 318 g/mol. The van der Waals surface area contributed by atoms with Crippen molar-refractivity contribution in [2.24, 2.45) is 5.92 Å². The van der Waals surface area contributed by atoms with E-state index in [4.69, 9.17) is 4.74 Å². The van der Waals surface area contributed by atoms with E-state index in [9.17, 15) is 4.79 Å². The smallest absolute Gasteiger partial charge is 0.234 e. The number of aromatic amines is 1. The van der Waals surface area contributed by atoms with E-state index in [-0.39, 0.29) is 18.5 Å². The minimum atomic E-state index is -0.121. The Labute approximate surface area is 137 Å². The van der Waals surface area contributed by atoms with Crippen LogP contribution in [0.15, 0.2) is 24.3 Å². The molecular formula is C17H26N4O2. The van der Waals surface area contributed by atoms with Crippen molar-refractivity contribution in [2.75, 3.05) is 26.8 Å². The van der Waals surface area contributed by atoms with Gasteiger partial charge >= 0.3 is 0 Å². The molecule has 2 rings (SSSR count). The second kappa shape index (κ2) is 8.64. The summed E-state index contributed by atoms with van der Waals surface area (Å²) < 4.78 is 4.95. The first-order valence-corrected chi connectivity index (χ1v) is 8.09. The number of amides is 1. The lowest BCUT2D eigenvalue weighted by Gasteiger charge is -2.22. The fraction of sp³-hybridized carbons (Fsp3) is 0.529. The van der Waals surface area contributed by atoms with E-state index in [1.54, 1.807) is 7.11 Å². The first-order valence-electron chi connectivity index (χ1n) is 8.09. The number of carbonyl (C=O) groups excluding carboxylic acids is 1. The molecule has 2 aromatic rings. The largest absolute Gasteiger partial charge is 0.383 e. The molecule has 1 aromatic heterocycles. The molecule has 0 saturated heterocycles. The first kappa shape index (κ1) is 17.4. The number of nitrogens with one attached hydrogen (secondary N) is 3. The summed E-state index contributed by atoms with van der Waals surface area (Å²) in [4.78, 5) is 20.1. The van der Waals surface area contributed by atoms with Crippen molar-refractivity contribution in [1.29, 1.82) is 0 Å². The Hall–Kier alpha value is -1.92. The lowest BCUT2D eigenvalue weighted by Crippen LogP contribution is -2.39. The number of hydrogen-bond acceptors (Lipinski definition) is 4. The number of rotatable bonds is 9. The highest BCUT2D eigenvalue weighted by Crippen LogP contribution is 2.24. The molecule has 0 spiro atoms. The molecule has 0 aliphatic rings. The van der Waals surface area contributed by atoms with Gasteiger partial charge in [-0.3, -0.25) is 4.79 Å². The Morgan fingerprint density at radius 1 is 1.39 bits per heavy atom. The van der Waals surface area contributed by atoms with Gasteiger partial charge < -0.3 is 20.4 Å². The number of methoxy groups -OCH3 is 1. The van der Waals surface area contributed by atoms with Crippen molar-refractivity contribution in [2.45, 2.75) is 26.3 Å². The SMILES string of the molecule is CCC(C)C(NC(=O)CNCCOC)c1nc2ccccc2[nH]1. The predicted octanol–water partition coefficient (Wildman–Crippen LogP) is 2.00. The zero-order valence-electron chi connectivity index (χ0n) is 14.1. The molecule has 0 bridgehead atoms. The number of aromatic nitrogens is 2. The van der Waals surface area contributed by atoms with Crippen molar-refractivity contribution in [3.63, 3.8) is 0 Å². The highest BCUT2D eigenvalue weighted by molar-refractivity contribution is 5.79. The normalized spacial score (nSPS) is 13.9. The molecule has 2 atom stereocenters. The van der Waals surface area contributed by atoms with Gasteiger partial charge in [-0.2, -0.15) is 0 Å². The van der Waals surface area contributed by atoms with Gasteiger partial charge in [-0.15, -0.1) is 0 Å². The maximum absolute atomic E-state index is 12.2. The molecule has 1 heterocycles. The van der Waals surface area contributed by atoms with Crippen LogP contribution in [0.5, 0.6) is 0 Å². The Kier molecular flexibility index (Phi) is 6.55. The number of hydrogen-bond donors (Lipinski definition) is 3. The molecule has 1 amide bonds. The summed E-state index contributed by atoms with van der Waals surface area (Å²) in [6, 6.07) is 7.78. The zero-order chi connectivity index (χ0) is 16.7. The Bertz CT molecular complexity index is 593. The highest BCUT2D eigenvalue weighted by Gasteiger charge is 2.23. The van der Waals surface area contributed by atoms with E-state index in [0.717, 1.165) is 23.3 Å². The molecule has 6 heteroatoms. The van der Waals surface area contributed by atoms with E-state index in [1.807, 2.05) is 24.3 Å². The van der Waals surface area contributed by atoms with Crippen LogP contribution in [0.2, 0.25) is 0 Å². The Morgan fingerprint density at radius 3 is 2.87 bits per heavy atom. The van der Waals surface area contributed by atoms with Gasteiger partial charge in [-0.05, 0) is 18.1 Å². The quantitative estimate of drug-likeness (QED) is 0.618. The van der Waals surface area contributed by atoms with Crippen LogP contribution in [0.25, 0.3) is 11.0 Å². The second-order valence-electron chi connectivity index (χ2n) is 5.74. The first-order chi connectivity index (χ1) is 11.2. The third kappa shape index (κ3) is 4.77. The van der Waals surface area contributed by atoms with Gasteiger partial charge in [-0.25, -0.2) is 4.98 Å². The van der Waals surface area contributed by atoms with Gasteiger partial charge in [0.1, 0.15) is 5.82 Å². The van der Waals surface area contributed by atoms with Crippen LogP contribution in [0.3, 0.4) is 0 Å². The molecule has 0 aliphatic heterocycles. The molecule has 126 valence electrons. The number of para-hydroxylation sites is 2. The van der Waals surface area contributed by atoms with Crippen molar-refractivity contribution in [3.8, 4) is 0 Å². The summed E-state index contributed by atoms with van der Waals surface area (Å²) in [6.07, 6.45) is 0.957. The van der Waals surface area contributed by atoms with Crippen LogP contribution in [0.4, 0.5) is 0 Å². The molecule has 0 radical (unpaired) electrons. The van der Waals surface area contributed by atoms with Crippen LogP contribution in [-0.4, -0.2) is 42.7 Å². The lowest BCUT2D eigenvalue weighted by atomic mass is 9.98. The van der Waals surface area contributed by atoms with E-state index in [0.29, 0.717) is 19.1 Å². The predicted molar refractivity (Wildman–Crippen MR) is 91.2 cm³/mol. The zero-order valence-corrected chi connectivity index (χ0v) is 14.1. The summed E-state index contributed by atoms with van der Waals surface area (Å²) in [5.74, 6) is 1.07. The molecule has 6 nitrogen and oxygen atoms in total. The van der Waals surface area contributed by atoms with Gasteiger partial charge in [0.2, 0.25) is 5.91 Å². The maximum atomic E-state index is 12.2. The standard InChI is InChI=1S/C17H26N4O2/c1-4-12(2)16(21-15(22)11-18-9-10-23-3)17-19-13-7-5-6-8-14(13)20-17/h5-8,12,16,18H,4,9-11H2,1-3H3,(H,19,20)(H,21,22). The number of H-pyrrole nitrogens is 1. The fourth-order valence-electron chi connectivity index (χ4n) is 2.44. The molecule has 0 fully saturated rings. The molecule has 3 N–H and O–H groups in total.